The van der Waals surface area contributed by atoms with E-state index < -0.39 is 0 Å². The van der Waals surface area contributed by atoms with E-state index in [9.17, 15) is 0 Å². The molecule has 0 aliphatic heterocycles. The van der Waals surface area contributed by atoms with Crippen LogP contribution in [0.2, 0.25) is 0 Å². The van der Waals surface area contributed by atoms with Gasteiger partial charge in [0.25, 0.3) is 0 Å². The Hall–Kier alpha value is -1.85. The number of aromatic nitrogens is 6. The molecule has 0 amide bonds. The first kappa shape index (κ1) is 7.78. The van der Waals surface area contributed by atoms with Crippen molar-refractivity contribution in [2.24, 2.45) is 0 Å². The molecule has 0 saturated heterocycles. The number of rotatable bonds is 2. The number of nitrogens with zero attached hydrogens (tertiary/aromatic N) is 6. The summed E-state index contributed by atoms with van der Waals surface area (Å²) in [6, 6.07) is 0. The second-order valence-electron chi connectivity index (χ2n) is 2.47. The average Bonchev–Trinajstić information content (AvgIpc) is 2.71. The first-order valence-corrected chi connectivity index (χ1v) is 3.94. The van der Waals surface area contributed by atoms with Crippen molar-refractivity contribution >= 4 is 0 Å². The summed E-state index contributed by atoms with van der Waals surface area (Å²) in [6.45, 7) is 2.03. The molecule has 0 aliphatic carbocycles. The Morgan fingerprint density at radius 1 is 1.31 bits per heavy atom. The van der Waals surface area contributed by atoms with Crippen LogP contribution in [0.3, 0.4) is 0 Å². The molecule has 2 rings (SSSR count). The SMILES string of the molecule is CCc1cnc(-n2cnnn2)cn1. The van der Waals surface area contributed by atoms with E-state index in [1.54, 1.807) is 12.4 Å². The molecule has 0 N–H and O–H groups in total. The largest absolute Gasteiger partial charge is 0.256 e. The van der Waals surface area contributed by atoms with Crippen LogP contribution in [0.25, 0.3) is 5.82 Å². The highest BCUT2D eigenvalue weighted by atomic mass is 15.5. The van der Waals surface area contributed by atoms with Crippen LogP contribution in [-0.2, 0) is 6.42 Å². The Kier molecular flexibility index (Phi) is 1.95. The summed E-state index contributed by atoms with van der Waals surface area (Å²) >= 11 is 0. The lowest BCUT2D eigenvalue weighted by Gasteiger charge is -1.97. The summed E-state index contributed by atoms with van der Waals surface area (Å²) in [4.78, 5) is 8.32. The smallest absolute Gasteiger partial charge is 0.175 e. The minimum absolute atomic E-state index is 0.627. The summed E-state index contributed by atoms with van der Waals surface area (Å²) in [6.07, 6.45) is 5.73. The Labute approximate surface area is 74.6 Å². The van der Waals surface area contributed by atoms with Gasteiger partial charge in [0, 0.05) is 0 Å². The molecule has 0 aromatic carbocycles. The van der Waals surface area contributed by atoms with Gasteiger partial charge >= 0.3 is 0 Å². The minimum Gasteiger partial charge on any atom is -0.256 e. The van der Waals surface area contributed by atoms with Crippen LogP contribution < -0.4 is 0 Å². The van der Waals surface area contributed by atoms with Gasteiger partial charge in [-0.3, -0.25) is 4.98 Å². The summed E-state index contributed by atoms with van der Waals surface area (Å²) in [5, 5.41) is 10.7. The molecular weight excluding hydrogens is 168 g/mol. The molecule has 0 radical (unpaired) electrons. The maximum absolute atomic E-state index is 4.17. The van der Waals surface area contributed by atoms with Crippen LogP contribution in [0.4, 0.5) is 0 Å². The Bertz CT molecular complexity index is 364. The molecule has 2 heterocycles. The van der Waals surface area contributed by atoms with Gasteiger partial charge in [-0.2, -0.15) is 4.68 Å². The van der Waals surface area contributed by atoms with E-state index >= 15 is 0 Å². The van der Waals surface area contributed by atoms with Gasteiger partial charge in [-0.25, -0.2) is 4.98 Å². The number of hydrogen-bond acceptors (Lipinski definition) is 5. The van der Waals surface area contributed by atoms with Gasteiger partial charge in [0.1, 0.15) is 6.33 Å². The molecule has 0 bridgehead atoms. The molecule has 6 heteroatoms. The standard InChI is InChI=1S/C7H8N6/c1-2-6-3-9-7(4-8-6)13-5-10-11-12-13/h3-5H,2H2,1H3. The summed E-state index contributed by atoms with van der Waals surface area (Å²) in [5.41, 5.74) is 0.955. The van der Waals surface area contributed by atoms with E-state index in [4.69, 9.17) is 0 Å². The van der Waals surface area contributed by atoms with Crippen LogP contribution in [0.15, 0.2) is 18.7 Å². The molecule has 0 fully saturated rings. The van der Waals surface area contributed by atoms with E-state index in [-0.39, 0.29) is 0 Å². The van der Waals surface area contributed by atoms with E-state index in [0.29, 0.717) is 5.82 Å². The molecule has 13 heavy (non-hydrogen) atoms. The molecule has 6 nitrogen and oxygen atoms in total. The highest BCUT2D eigenvalue weighted by Crippen LogP contribution is 1.99. The molecule has 0 unspecified atom stereocenters. The van der Waals surface area contributed by atoms with Gasteiger partial charge in [0.2, 0.25) is 0 Å². The fourth-order valence-electron chi connectivity index (χ4n) is 0.915. The quantitative estimate of drug-likeness (QED) is 0.644. The normalized spacial score (nSPS) is 10.2. The Morgan fingerprint density at radius 3 is 2.77 bits per heavy atom. The summed E-state index contributed by atoms with van der Waals surface area (Å²) in [5.74, 6) is 0.627. The van der Waals surface area contributed by atoms with Gasteiger partial charge in [-0.15, -0.1) is 5.10 Å². The van der Waals surface area contributed by atoms with Crippen LogP contribution in [0, 0.1) is 0 Å². The Morgan fingerprint density at radius 2 is 2.23 bits per heavy atom. The molecule has 0 aliphatic rings. The predicted molar refractivity (Wildman–Crippen MR) is 44.1 cm³/mol. The van der Waals surface area contributed by atoms with Crippen LogP contribution in [0.5, 0.6) is 0 Å². The van der Waals surface area contributed by atoms with Crippen molar-refractivity contribution in [1.82, 2.24) is 30.2 Å². The highest BCUT2D eigenvalue weighted by Gasteiger charge is 1.99. The first-order valence-electron chi connectivity index (χ1n) is 3.94. The summed E-state index contributed by atoms with van der Waals surface area (Å²) in [7, 11) is 0. The third-order valence-corrected chi connectivity index (χ3v) is 1.64. The lowest BCUT2D eigenvalue weighted by atomic mass is 10.4. The van der Waals surface area contributed by atoms with Crippen LogP contribution >= 0.6 is 0 Å². The van der Waals surface area contributed by atoms with Crippen molar-refractivity contribution in [3.05, 3.63) is 24.4 Å². The van der Waals surface area contributed by atoms with Crippen molar-refractivity contribution in [2.45, 2.75) is 13.3 Å². The molecular formula is C7H8N6. The molecule has 0 atom stereocenters. The Balaban J connectivity index is 2.33. The van der Waals surface area contributed by atoms with Gasteiger partial charge in [-0.05, 0) is 16.8 Å². The second kappa shape index (κ2) is 3.26. The van der Waals surface area contributed by atoms with E-state index in [0.717, 1.165) is 12.1 Å². The molecule has 2 aromatic rings. The molecule has 66 valence electrons. The maximum atomic E-state index is 4.17. The van der Waals surface area contributed by atoms with Crippen LogP contribution in [-0.4, -0.2) is 30.2 Å². The monoisotopic (exact) mass is 176 g/mol. The van der Waals surface area contributed by atoms with E-state index in [1.807, 2.05) is 6.92 Å². The van der Waals surface area contributed by atoms with Gasteiger partial charge < -0.3 is 0 Å². The average molecular weight is 176 g/mol. The first-order chi connectivity index (χ1) is 6.40. The fraction of sp³-hybridized carbons (Fsp3) is 0.286. The third-order valence-electron chi connectivity index (χ3n) is 1.64. The van der Waals surface area contributed by atoms with Crippen molar-refractivity contribution < 1.29 is 0 Å². The zero-order valence-corrected chi connectivity index (χ0v) is 7.12. The number of hydrogen-bond donors (Lipinski definition) is 0. The fourth-order valence-corrected chi connectivity index (χ4v) is 0.915. The molecule has 0 saturated carbocycles. The second-order valence-corrected chi connectivity index (χ2v) is 2.47. The molecule has 0 spiro atoms. The lowest BCUT2D eigenvalue weighted by Crippen LogP contribution is -2.00. The van der Waals surface area contributed by atoms with Gasteiger partial charge in [-0.1, -0.05) is 6.92 Å². The van der Waals surface area contributed by atoms with Gasteiger partial charge in [0.05, 0.1) is 18.1 Å². The zero-order valence-electron chi connectivity index (χ0n) is 7.12. The van der Waals surface area contributed by atoms with Gasteiger partial charge in [0.15, 0.2) is 5.82 Å². The summed E-state index contributed by atoms with van der Waals surface area (Å²) < 4.78 is 1.46. The zero-order chi connectivity index (χ0) is 9.10. The topological polar surface area (TPSA) is 69.4 Å². The van der Waals surface area contributed by atoms with Crippen molar-refractivity contribution in [3.8, 4) is 5.82 Å². The number of aryl methyl sites for hydroxylation is 1. The van der Waals surface area contributed by atoms with Crippen molar-refractivity contribution in [1.29, 1.82) is 0 Å². The molecule has 2 aromatic heterocycles. The van der Waals surface area contributed by atoms with E-state index in [1.165, 1.54) is 11.0 Å². The van der Waals surface area contributed by atoms with E-state index in [2.05, 4.69) is 25.5 Å². The predicted octanol–water partition coefficient (Wildman–Crippen LogP) is 0.0147. The third kappa shape index (κ3) is 1.51. The minimum atomic E-state index is 0.627. The van der Waals surface area contributed by atoms with Crippen LogP contribution in [0.1, 0.15) is 12.6 Å². The highest BCUT2D eigenvalue weighted by molar-refractivity contribution is 5.15. The lowest BCUT2D eigenvalue weighted by molar-refractivity contribution is 0.763. The van der Waals surface area contributed by atoms with Crippen molar-refractivity contribution in [3.63, 3.8) is 0 Å². The number of tetrazole rings is 1. The maximum Gasteiger partial charge on any atom is 0.175 e. The van der Waals surface area contributed by atoms with Crippen molar-refractivity contribution in [2.75, 3.05) is 0 Å².